The molecule has 41 heavy (non-hydrogen) atoms. The molecule has 3 aliphatic rings. The smallest absolute Gasteiger partial charge is 0.497 e. The van der Waals surface area contributed by atoms with Crippen molar-refractivity contribution in [2.45, 2.75) is 25.7 Å². The predicted octanol–water partition coefficient (Wildman–Crippen LogP) is 7.78. The molecule has 2 aliphatic carbocycles. The van der Waals surface area contributed by atoms with Crippen LogP contribution >= 0.6 is 22.6 Å². The van der Waals surface area contributed by atoms with Gasteiger partial charge in [-0.05, 0) is 137 Å². The van der Waals surface area contributed by atoms with Crippen molar-refractivity contribution in [3.63, 3.8) is 0 Å². The average molecular weight is 658 g/mol. The van der Waals surface area contributed by atoms with Crippen LogP contribution in [0, 0.1) is 3.57 Å². The van der Waals surface area contributed by atoms with Crippen LogP contribution in [-0.4, -0.2) is 31.8 Å². The third-order valence-corrected chi connectivity index (χ3v) is 8.98. The molecular formula is C33H26BF2IN2O2. The molecular weight excluding hydrogens is 632 g/mol. The molecule has 1 aromatic heterocycles. The molecule has 0 fully saturated rings. The number of aryl methyl sites for hydroxylation is 3. The van der Waals surface area contributed by atoms with E-state index in [1.54, 1.807) is 14.2 Å². The summed E-state index contributed by atoms with van der Waals surface area (Å²) in [5.41, 5.74) is 10.5. The molecule has 0 saturated heterocycles. The summed E-state index contributed by atoms with van der Waals surface area (Å²) in [6.45, 7) is 0. The second kappa shape index (κ2) is 10.3. The maximum absolute atomic E-state index is 15.1. The van der Waals surface area contributed by atoms with E-state index in [4.69, 9.17) is 14.5 Å². The van der Waals surface area contributed by atoms with Gasteiger partial charge in [-0.25, -0.2) is 4.99 Å². The van der Waals surface area contributed by atoms with Crippen molar-refractivity contribution in [1.29, 1.82) is 0 Å². The minimum atomic E-state index is -2.72. The minimum Gasteiger partial charge on any atom is -0.497 e. The van der Waals surface area contributed by atoms with Gasteiger partial charge < -0.3 is 14.0 Å². The monoisotopic (exact) mass is 658 g/mol. The number of benzene rings is 3. The normalized spacial score (nSPS) is 16.1. The lowest BCUT2D eigenvalue weighted by Crippen LogP contribution is -2.19. The SMILES string of the molecule is COc1ccc2c(c1)CCC1=C/C(=C(\c3ccc(I)cc3)c3cc4c(n3B(F)F)-c3ccc(OC)cc3CC4)N=C12. The molecule has 8 heteroatoms. The van der Waals surface area contributed by atoms with Gasteiger partial charge >= 0.3 is 7.40 Å². The highest BCUT2D eigenvalue weighted by Crippen LogP contribution is 2.43. The number of halogens is 3. The van der Waals surface area contributed by atoms with E-state index in [0.29, 0.717) is 23.5 Å². The highest BCUT2D eigenvalue weighted by Gasteiger charge is 2.34. The lowest BCUT2D eigenvalue weighted by Gasteiger charge is -2.21. The molecule has 2 heterocycles. The number of ether oxygens (including phenoxy) is 2. The number of aliphatic imine (C=N–C) groups is 1. The van der Waals surface area contributed by atoms with Gasteiger partial charge in [0.05, 0.1) is 25.6 Å². The Kier molecular flexibility index (Phi) is 6.61. The van der Waals surface area contributed by atoms with Crippen molar-refractivity contribution in [2.75, 3.05) is 14.2 Å². The van der Waals surface area contributed by atoms with Crippen molar-refractivity contribution in [2.24, 2.45) is 4.99 Å². The third-order valence-electron chi connectivity index (χ3n) is 8.27. The Morgan fingerprint density at radius 2 is 1.44 bits per heavy atom. The molecule has 0 unspecified atom stereocenters. The van der Waals surface area contributed by atoms with E-state index in [-0.39, 0.29) is 0 Å². The van der Waals surface area contributed by atoms with Crippen LogP contribution in [0.2, 0.25) is 0 Å². The lowest BCUT2D eigenvalue weighted by molar-refractivity contribution is 0.414. The van der Waals surface area contributed by atoms with Gasteiger partial charge in [0.15, 0.2) is 0 Å². The number of aromatic nitrogens is 1. The molecule has 4 aromatic rings. The van der Waals surface area contributed by atoms with Crippen molar-refractivity contribution in [3.8, 4) is 22.8 Å². The van der Waals surface area contributed by atoms with E-state index >= 15 is 8.63 Å². The van der Waals surface area contributed by atoms with E-state index in [1.807, 2.05) is 54.6 Å². The van der Waals surface area contributed by atoms with Crippen LogP contribution in [0.5, 0.6) is 11.5 Å². The Morgan fingerprint density at radius 3 is 2.12 bits per heavy atom. The van der Waals surface area contributed by atoms with E-state index in [0.717, 1.165) is 79.0 Å². The molecule has 0 atom stereocenters. The van der Waals surface area contributed by atoms with Gasteiger partial charge in [-0.3, -0.25) is 8.63 Å². The molecule has 7 rings (SSSR count). The molecule has 0 amide bonds. The van der Waals surface area contributed by atoms with Gasteiger partial charge in [-0.15, -0.1) is 0 Å². The zero-order valence-corrected chi connectivity index (χ0v) is 24.8. The molecule has 4 nitrogen and oxygen atoms in total. The van der Waals surface area contributed by atoms with Crippen LogP contribution in [0.1, 0.15) is 39.9 Å². The van der Waals surface area contributed by atoms with Gasteiger partial charge in [-0.1, -0.05) is 12.1 Å². The summed E-state index contributed by atoms with van der Waals surface area (Å²) >= 11 is 2.27. The first-order valence-electron chi connectivity index (χ1n) is 13.6. The lowest BCUT2D eigenvalue weighted by atomic mass is 9.86. The number of methoxy groups -OCH3 is 2. The summed E-state index contributed by atoms with van der Waals surface area (Å²) in [6.07, 6.45) is 5.27. The molecule has 0 saturated carbocycles. The van der Waals surface area contributed by atoms with Crippen LogP contribution in [0.4, 0.5) is 8.63 Å². The molecule has 0 N–H and O–H groups in total. The molecule has 0 radical (unpaired) electrons. The van der Waals surface area contributed by atoms with Crippen molar-refractivity contribution >= 4 is 41.3 Å². The number of hydrogen-bond donors (Lipinski definition) is 0. The Labute approximate surface area is 251 Å². The summed E-state index contributed by atoms with van der Waals surface area (Å²) in [7, 11) is 0.571. The van der Waals surface area contributed by atoms with Gasteiger partial charge in [0.2, 0.25) is 0 Å². The van der Waals surface area contributed by atoms with E-state index in [9.17, 15) is 0 Å². The van der Waals surface area contributed by atoms with Crippen molar-refractivity contribution < 1.29 is 18.1 Å². The summed E-state index contributed by atoms with van der Waals surface area (Å²) in [5, 5.41) is 0. The van der Waals surface area contributed by atoms with E-state index in [2.05, 4.69) is 40.8 Å². The number of nitrogens with zero attached hydrogens (tertiary/aromatic N) is 2. The second-order valence-corrected chi connectivity index (χ2v) is 11.7. The Hall–Kier alpha value is -3.66. The molecule has 0 bridgehead atoms. The number of allylic oxidation sites excluding steroid dienone is 2. The second-order valence-electron chi connectivity index (χ2n) is 10.5. The maximum Gasteiger partial charge on any atom is 0.678 e. The van der Waals surface area contributed by atoms with E-state index < -0.39 is 7.40 Å². The van der Waals surface area contributed by atoms with Gasteiger partial charge in [0.1, 0.15) is 11.5 Å². The predicted molar refractivity (Wildman–Crippen MR) is 168 cm³/mol. The van der Waals surface area contributed by atoms with Crippen LogP contribution in [0.15, 0.2) is 89.1 Å². The Morgan fingerprint density at radius 1 is 0.805 bits per heavy atom. The van der Waals surface area contributed by atoms with Crippen LogP contribution in [0.25, 0.3) is 16.8 Å². The fourth-order valence-electron chi connectivity index (χ4n) is 6.33. The minimum absolute atomic E-state index is 0.486. The number of fused-ring (bicyclic) bond motifs is 6. The Bertz CT molecular complexity index is 1800. The van der Waals surface area contributed by atoms with Crippen molar-refractivity contribution in [3.05, 3.63) is 121 Å². The Balaban J connectivity index is 1.47. The highest BCUT2D eigenvalue weighted by molar-refractivity contribution is 14.1. The zero-order chi connectivity index (χ0) is 28.2. The van der Waals surface area contributed by atoms with Gasteiger partial charge in [-0.2, -0.15) is 0 Å². The molecule has 1 aliphatic heterocycles. The number of rotatable bonds is 5. The first-order chi connectivity index (χ1) is 19.9. The summed E-state index contributed by atoms with van der Waals surface area (Å²) in [4.78, 5) is 5.14. The van der Waals surface area contributed by atoms with Gasteiger partial charge in [0.25, 0.3) is 0 Å². The average Bonchev–Trinajstić information content (AvgIpc) is 3.60. The molecule has 204 valence electrons. The molecule has 0 spiro atoms. The first kappa shape index (κ1) is 26.3. The molecule has 3 aromatic carbocycles. The summed E-state index contributed by atoms with van der Waals surface area (Å²) in [6, 6.07) is 21.8. The summed E-state index contributed by atoms with van der Waals surface area (Å²) < 4.78 is 43.4. The van der Waals surface area contributed by atoms with E-state index in [1.165, 1.54) is 10.0 Å². The van der Waals surface area contributed by atoms with Crippen LogP contribution in [-0.2, 0) is 19.3 Å². The summed E-state index contributed by atoms with van der Waals surface area (Å²) in [5.74, 6) is 1.56. The zero-order valence-electron chi connectivity index (χ0n) is 22.7. The van der Waals surface area contributed by atoms with Crippen LogP contribution < -0.4 is 9.47 Å². The van der Waals surface area contributed by atoms with Crippen molar-refractivity contribution in [1.82, 2.24) is 4.48 Å². The van der Waals surface area contributed by atoms with Gasteiger partial charge in [0, 0.05) is 31.7 Å². The fraction of sp³-hybridized carbons (Fsp3) is 0.182. The highest BCUT2D eigenvalue weighted by atomic mass is 127. The number of hydrogen-bond acceptors (Lipinski definition) is 3. The standard InChI is InChI=1S/C33H26BF2IN2O2/c1-40-25-11-13-27-20(15-25)3-5-22-17-29(38-32(22)27)31(19-7-9-24(37)10-8-19)30-18-23-6-4-21-16-26(41-2)12-14-28(21)33(23)39(30)34(35)36/h7-18H,3-6H2,1-2H3/b31-29-. The van der Waals surface area contributed by atoms with Crippen LogP contribution in [0.3, 0.4) is 0 Å². The maximum atomic E-state index is 15.1. The quantitative estimate of drug-likeness (QED) is 0.162. The topological polar surface area (TPSA) is 35.8 Å². The largest absolute Gasteiger partial charge is 0.678 e. The third kappa shape index (κ3) is 4.43. The first-order valence-corrected chi connectivity index (χ1v) is 14.7. The fourth-order valence-corrected chi connectivity index (χ4v) is 6.69.